The molecule has 1 N–H and O–H groups in total. The van der Waals surface area contributed by atoms with E-state index < -0.39 is 17.9 Å². The molecule has 0 spiro atoms. The van der Waals surface area contributed by atoms with Gasteiger partial charge >= 0.3 is 6.09 Å². The van der Waals surface area contributed by atoms with Gasteiger partial charge in [-0.1, -0.05) is 24.3 Å². The van der Waals surface area contributed by atoms with Gasteiger partial charge in [-0.2, -0.15) is 0 Å². The summed E-state index contributed by atoms with van der Waals surface area (Å²) in [5, 5.41) is 3.14. The molecule has 2 heterocycles. The molecule has 1 saturated heterocycles. The number of benzene rings is 3. The van der Waals surface area contributed by atoms with Gasteiger partial charge in [0, 0.05) is 16.5 Å². The fraction of sp³-hybridized carbons (Fsp3) is 0.267. The van der Waals surface area contributed by atoms with Crippen LogP contribution in [0.1, 0.15) is 38.3 Å². The van der Waals surface area contributed by atoms with Crippen molar-refractivity contribution in [3.8, 4) is 22.3 Å². The van der Waals surface area contributed by atoms with Crippen molar-refractivity contribution in [2.75, 3.05) is 13.1 Å². The number of nitrogens with zero attached hydrogens (tertiary/aromatic N) is 1. The van der Waals surface area contributed by atoms with Gasteiger partial charge < -0.3 is 19.4 Å². The highest BCUT2D eigenvalue weighted by Gasteiger charge is 2.30. The third kappa shape index (κ3) is 5.54. The number of rotatable bonds is 5. The monoisotopic (exact) mass is 519 g/mol. The van der Waals surface area contributed by atoms with Crippen LogP contribution in [0.4, 0.5) is 13.6 Å². The Morgan fingerprint density at radius 3 is 2.34 bits per heavy atom. The van der Waals surface area contributed by atoms with Gasteiger partial charge in [-0.25, -0.2) is 13.6 Å². The van der Waals surface area contributed by atoms with Crippen LogP contribution in [0, 0.1) is 5.82 Å². The second kappa shape index (κ2) is 9.93. The Hall–Kier alpha value is -4.20. The minimum atomic E-state index is -0.969. The van der Waals surface area contributed by atoms with Crippen LogP contribution in [0.25, 0.3) is 33.2 Å². The van der Waals surface area contributed by atoms with E-state index in [4.69, 9.17) is 10.5 Å². The van der Waals surface area contributed by atoms with Crippen molar-refractivity contribution < 1.29 is 28.9 Å². The summed E-state index contributed by atoms with van der Waals surface area (Å²) in [7, 11) is 0. The van der Waals surface area contributed by atoms with Crippen LogP contribution < -0.4 is 5.32 Å². The summed E-state index contributed by atoms with van der Waals surface area (Å²) in [4.78, 5) is 26.2. The van der Waals surface area contributed by atoms with E-state index in [2.05, 4.69) is 5.32 Å². The van der Waals surface area contributed by atoms with E-state index >= 15 is 0 Å². The highest BCUT2D eigenvalue weighted by atomic mass is 19.1. The number of hydrogen-bond donors (Lipinski definition) is 1. The largest absolute Gasteiger partial charge is 0.459 e. The van der Waals surface area contributed by atoms with Crippen molar-refractivity contribution in [2.24, 2.45) is 0 Å². The maximum atomic E-state index is 13.7. The molecule has 0 aliphatic carbocycles. The average Bonchev–Trinajstić information content (AvgIpc) is 3.19. The molecule has 0 atom stereocenters. The third-order valence-electron chi connectivity index (χ3n) is 6.13. The Morgan fingerprint density at radius 1 is 1.05 bits per heavy atom. The summed E-state index contributed by atoms with van der Waals surface area (Å²) < 4.78 is 46.9. The number of furan rings is 1. The molecule has 0 unspecified atom stereocenters. The van der Waals surface area contributed by atoms with Gasteiger partial charge in [0.15, 0.2) is 0 Å². The van der Waals surface area contributed by atoms with Crippen molar-refractivity contribution in [3.05, 3.63) is 83.8 Å². The molecule has 8 heteroatoms. The Kier molecular flexibility index (Phi) is 6.31. The van der Waals surface area contributed by atoms with Crippen LogP contribution in [-0.2, 0) is 11.3 Å². The number of carbonyl (C=O) groups is 2. The smallest absolute Gasteiger partial charge is 0.408 e. The highest BCUT2D eigenvalue weighted by Crippen LogP contribution is 2.36. The van der Waals surface area contributed by atoms with Crippen LogP contribution in [0.3, 0.4) is 0 Å². The number of likely N-dealkylation sites (tertiary alicyclic amines) is 1. The number of nitrogens with one attached hydrogen (secondary N) is 1. The number of halogens is 2. The molecule has 5 rings (SSSR count). The zero-order chi connectivity index (χ0) is 27.9. The van der Waals surface area contributed by atoms with Crippen LogP contribution >= 0.6 is 0 Å². The first kappa shape index (κ1) is 24.2. The van der Waals surface area contributed by atoms with E-state index in [1.807, 2.05) is 12.1 Å². The van der Waals surface area contributed by atoms with Gasteiger partial charge in [-0.15, -0.1) is 0 Å². The zero-order valence-electron chi connectivity index (χ0n) is 22.3. The van der Waals surface area contributed by atoms with Gasteiger partial charge in [0.05, 0.1) is 21.0 Å². The normalized spacial score (nSPS) is 14.2. The fourth-order valence-corrected chi connectivity index (χ4v) is 4.27. The summed E-state index contributed by atoms with van der Waals surface area (Å²) in [5.74, 6) is -0.350. The lowest BCUT2D eigenvalue weighted by molar-refractivity contribution is 0.0400. The molecule has 1 aromatic heterocycles. The third-order valence-corrected chi connectivity index (χ3v) is 6.13. The van der Waals surface area contributed by atoms with E-state index in [0.29, 0.717) is 27.7 Å². The van der Waals surface area contributed by atoms with E-state index in [-0.39, 0.29) is 43.2 Å². The molecule has 1 aliphatic rings. The van der Waals surface area contributed by atoms with Crippen LogP contribution in [-0.4, -0.2) is 41.8 Å². The lowest BCUT2D eigenvalue weighted by Gasteiger charge is -2.34. The predicted octanol–water partition coefficient (Wildman–Crippen LogP) is 6.72. The maximum Gasteiger partial charge on any atom is 0.408 e. The number of fused-ring (bicyclic) bond motifs is 1. The number of alkyl carbamates (subject to hydrolysis) is 1. The lowest BCUT2D eigenvalue weighted by Crippen LogP contribution is -2.51. The number of hydrogen-bond acceptors (Lipinski definition) is 4. The minimum Gasteiger partial charge on any atom is -0.459 e. The quantitative estimate of drug-likeness (QED) is 0.318. The van der Waals surface area contributed by atoms with Crippen LogP contribution in [0.2, 0.25) is 0 Å². The lowest BCUT2D eigenvalue weighted by atomic mass is 9.96. The van der Waals surface area contributed by atoms with Crippen molar-refractivity contribution >= 4 is 23.0 Å². The molecule has 0 saturated carbocycles. The van der Waals surface area contributed by atoms with Crippen molar-refractivity contribution in [3.63, 3.8) is 0 Å². The standard InChI is InChI=1S/C30H28F2N2O4/c1-30(2,3)38-29(36)33-15-25-13-22-12-21(14-26(27(22)37-25)19-8-10-23(31)11-9-19)18-4-6-20(7-5-18)28(35)34-16-24(32)17-34/h4-14,24H,15-17H2,1-3H3,(H,33,36)/i13D. The van der Waals surface area contributed by atoms with Crippen LogP contribution in [0.15, 0.2) is 71.1 Å². The molecule has 4 aromatic rings. The van der Waals surface area contributed by atoms with Gasteiger partial charge in [-0.05, 0) is 79.9 Å². The Morgan fingerprint density at radius 2 is 1.71 bits per heavy atom. The minimum absolute atomic E-state index is 0.0480. The molecule has 0 bridgehead atoms. The predicted molar refractivity (Wildman–Crippen MR) is 141 cm³/mol. The van der Waals surface area contributed by atoms with E-state index in [9.17, 15) is 18.4 Å². The van der Waals surface area contributed by atoms with E-state index in [1.165, 1.54) is 17.0 Å². The van der Waals surface area contributed by atoms with E-state index in [0.717, 1.165) is 11.1 Å². The molecular formula is C30H28F2N2O4. The SMILES string of the molecule is [2H]c1c(CNC(=O)OC(C)(C)C)oc2c(-c3ccc(F)cc3)cc(-c3ccc(C(=O)N4CC(F)C4)cc3)cc12. The van der Waals surface area contributed by atoms with Gasteiger partial charge in [0.1, 0.15) is 28.9 Å². The molecular weight excluding hydrogens is 490 g/mol. The first-order valence-corrected chi connectivity index (χ1v) is 12.3. The number of carbonyl (C=O) groups excluding carboxylic acids is 2. The summed E-state index contributed by atoms with van der Waals surface area (Å²) in [6, 6.07) is 16.7. The first-order chi connectivity index (χ1) is 18.5. The Bertz CT molecular complexity index is 1540. The maximum absolute atomic E-state index is 13.7. The summed E-state index contributed by atoms with van der Waals surface area (Å²) in [5.41, 5.74) is 3.11. The number of amides is 2. The Balaban J connectivity index is 1.51. The van der Waals surface area contributed by atoms with Crippen molar-refractivity contribution in [1.29, 1.82) is 0 Å². The fourth-order valence-electron chi connectivity index (χ4n) is 4.27. The molecule has 38 heavy (non-hydrogen) atoms. The zero-order valence-corrected chi connectivity index (χ0v) is 21.3. The van der Waals surface area contributed by atoms with Crippen molar-refractivity contribution in [1.82, 2.24) is 10.2 Å². The molecule has 1 fully saturated rings. The van der Waals surface area contributed by atoms with Crippen LogP contribution in [0.5, 0.6) is 0 Å². The molecule has 3 aromatic carbocycles. The number of ether oxygens (including phenoxy) is 1. The van der Waals surface area contributed by atoms with Gasteiger partial charge in [-0.3, -0.25) is 4.79 Å². The Labute approximate surface area is 220 Å². The molecule has 1 aliphatic heterocycles. The summed E-state index contributed by atoms with van der Waals surface area (Å²) in [6.45, 7) is 5.44. The van der Waals surface area contributed by atoms with Gasteiger partial charge in [0.2, 0.25) is 0 Å². The molecule has 2 amide bonds. The molecule has 196 valence electrons. The number of alkyl halides is 1. The topological polar surface area (TPSA) is 71.8 Å². The van der Waals surface area contributed by atoms with E-state index in [1.54, 1.807) is 57.2 Å². The summed E-state index contributed by atoms with van der Waals surface area (Å²) >= 11 is 0. The average molecular weight is 520 g/mol. The second-order valence-electron chi connectivity index (χ2n) is 10.3. The van der Waals surface area contributed by atoms with Crippen molar-refractivity contribution in [2.45, 2.75) is 39.1 Å². The second-order valence-corrected chi connectivity index (χ2v) is 10.3. The summed E-state index contributed by atoms with van der Waals surface area (Å²) in [6.07, 6.45) is -1.60. The molecule has 0 radical (unpaired) electrons. The van der Waals surface area contributed by atoms with Gasteiger partial charge in [0.25, 0.3) is 5.91 Å². The highest BCUT2D eigenvalue weighted by molar-refractivity contribution is 5.98. The first-order valence-electron chi connectivity index (χ1n) is 12.8. The molecule has 6 nitrogen and oxygen atoms in total.